The first-order chi connectivity index (χ1) is 9.00. The van der Waals surface area contributed by atoms with Gasteiger partial charge in [0.25, 0.3) is 5.91 Å². The molecule has 102 valence electrons. The van der Waals surface area contributed by atoms with Crippen LogP contribution in [-0.2, 0) is 4.79 Å². The van der Waals surface area contributed by atoms with Crippen LogP contribution in [0.15, 0.2) is 23.1 Å². The molecule has 1 aliphatic heterocycles. The minimum Gasteiger partial charge on any atom is -0.368 e. The molecular formula is C13H15FN2O2S. The molecule has 0 radical (unpaired) electrons. The maximum atomic E-state index is 13.7. The van der Waals surface area contributed by atoms with Crippen molar-refractivity contribution in [3.63, 3.8) is 0 Å². The van der Waals surface area contributed by atoms with Gasteiger partial charge in [0.15, 0.2) is 0 Å². The first-order valence-corrected chi connectivity index (χ1v) is 6.54. The Morgan fingerprint density at radius 3 is 2.79 bits per heavy atom. The van der Waals surface area contributed by atoms with E-state index in [0.717, 1.165) is 12.8 Å². The number of carbonyl (C=O) groups is 2. The van der Waals surface area contributed by atoms with Gasteiger partial charge in [0.2, 0.25) is 5.91 Å². The summed E-state index contributed by atoms with van der Waals surface area (Å²) >= 11 is 4.09. The number of carbonyl (C=O) groups excluding carboxylic acids is 2. The van der Waals surface area contributed by atoms with E-state index < -0.39 is 23.7 Å². The number of amides is 2. The Balaban J connectivity index is 2.31. The number of nitrogens with zero attached hydrogens (tertiary/aromatic N) is 1. The molecule has 1 unspecified atom stereocenters. The third-order valence-electron chi connectivity index (χ3n) is 3.27. The first-order valence-electron chi connectivity index (χ1n) is 6.09. The Morgan fingerprint density at radius 1 is 1.37 bits per heavy atom. The van der Waals surface area contributed by atoms with E-state index in [1.54, 1.807) is 0 Å². The fraction of sp³-hybridized carbons (Fsp3) is 0.385. The molecule has 1 heterocycles. The van der Waals surface area contributed by atoms with Gasteiger partial charge in [-0.2, -0.15) is 0 Å². The zero-order valence-electron chi connectivity index (χ0n) is 10.3. The molecule has 0 spiro atoms. The summed E-state index contributed by atoms with van der Waals surface area (Å²) in [7, 11) is 0. The molecular weight excluding hydrogens is 267 g/mol. The number of halogens is 1. The van der Waals surface area contributed by atoms with Crippen molar-refractivity contribution in [3.8, 4) is 0 Å². The SMILES string of the molecule is NC(=O)C1CCCCN1C(=O)c1cc(S)ccc1F. The fourth-order valence-electron chi connectivity index (χ4n) is 2.30. The highest BCUT2D eigenvalue weighted by Crippen LogP contribution is 2.22. The van der Waals surface area contributed by atoms with Crippen LogP contribution in [0.3, 0.4) is 0 Å². The van der Waals surface area contributed by atoms with Crippen molar-refractivity contribution in [2.24, 2.45) is 5.73 Å². The molecule has 1 aliphatic rings. The number of hydrogen-bond acceptors (Lipinski definition) is 3. The van der Waals surface area contributed by atoms with Gasteiger partial charge < -0.3 is 10.6 Å². The second-order valence-electron chi connectivity index (χ2n) is 4.58. The number of nitrogens with two attached hydrogens (primary N) is 1. The number of likely N-dealkylation sites (tertiary alicyclic amines) is 1. The van der Waals surface area contributed by atoms with Crippen molar-refractivity contribution in [1.82, 2.24) is 4.90 Å². The number of piperidine rings is 1. The van der Waals surface area contributed by atoms with Gasteiger partial charge in [0.1, 0.15) is 11.9 Å². The lowest BCUT2D eigenvalue weighted by molar-refractivity contribution is -0.123. The lowest BCUT2D eigenvalue weighted by Gasteiger charge is -2.33. The molecule has 1 aromatic carbocycles. The summed E-state index contributed by atoms with van der Waals surface area (Å²) in [5.41, 5.74) is 5.23. The Kier molecular flexibility index (Phi) is 4.09. The van der Waals surface area contributed by atoms with Crippen LogP contribution in [0, 0.1) is 5.82 Å². The molecule has 4 nitrogen and oxygen atoms in total. The van der Waals surface area contributed by atoms with Crippen molar-refractivity contribution in [1.29, 1.82) is 0 Å². The summed E-state index contributed by atoms with van der Waals surface area (Å²) in [6, 6.07) is 3.38. The average Bonchev–Trinajstić information content (AvgIpc) is 2.40. The molecule has 0 aliphatic carbocycles. The highest BCUT2D eigenvalue weighted by Gasteiger charge is 2.32. The minimum absolute atomic E-state index is 0.0688. The van der Waals surface area contributed by atoms with Crippen LogP contribution in [0.5, 0.6) is 0 Å². The second-order valence-corrected chi connectivity index (χ2v) is 5.09. The van der Waals surface area contributed by atoms with Gasteiger partial charge in [-0.1, -0.05) is 0 Å². The molecule has 1 aromatic rings. The fourth-order valence-corrected chi connectivity index (χ4v) is 2.51. The van der Waals surface area contributed by atoms with Crippen LogP contribution in [-0.4, -0.2) is 29.3 Å². The molecule has 2 N–H and O–H groups in total. The van der Waals surface area contributed by atoms with Gasteiger partial charge in [-0.25, -0.2) is 4.39 Å². The molecule has 1 atom stereocenters. The molecule has 1 saturated heterocycles. The number of hydrogen-bond donors (Lipinski definition) is 2. The predicted octanol–water partition coefficient (Wildman–Crippen LogP) is 1.59. The Morgan fingerprint density at radius 2 is 2.11 bits per heavy atom. The van der Waals surface area contributed by atoms with E-state index in [-0.39, 0.29) is 5.56 Å². The van der Waals surface area contributed by atoms with Crippen LogP contribution in [0.2, 0.25) is 0 Å². The summed E-state index contributed by atoms with van der Waals surface area (Å²) < 4.78 is 13.7. The van der Waals surface area contributed by atoms with Gasteiger partial charge in [-0.05, 0) is 37.5 Å². The molecule has 6 heteroatoms. The topological polar surface area (TPSA) is 63.4 Å². The maximum Gasteiger partial charge on any atom is 0.257 e. The van der Waals surface area contributed by atoms with E-state index in [1.165, 1.54) is 23.1 Å². The molecule has 0 saturated carbocycles. The Labute approximate surface area is 116 Å². The molecule has 0 bridgehead atoms. The average molecular weight is 282 g/mol. The number of benzene rings is 1. The van der Waals surface area contributed by atoms with Crippen LogP contribution in [0.1, 0.15) is 29.6 Å². The molecule has 2 rings (SSSR count). The van der Waals surface area contributed by atoms with Crippen molar-refractivity contribution < 1.29 is 14.0 Å². The second kappa shape index (κ2) is 5.61. The third kappa shape index (κ3) is 2.89. The van der Waals surface area contributed by atoms with Gasteiger partial charge >= 0.3 is 0 Å². The number of primary amides is 1. The van der Waals surface area contributed by atoms with Crippen molar-refractivity contribution in [2.75, 3.05) is 6.54 Å². The van der Waals surface area contributed by atoms with Gasteiger partial charge in [0.05, 0.1) is 5.56 Å². The monoisotopic (exact) mass is 282 g/mol. The summed E-state index contributed by atoms with van der Waals surface area (Å²) in [4.78, 5) is 25.6. The van der Waals surface area contributed by atoms with Crippen molar-refractivity contribution in [3.05, 3.63) is 29.6 Å². The van der Waals surface area contributed by atoms with E-state index in [0.29, 0.717) is 17.9 Å². The van der Waals surface area contributed by atoms with Gasteiger partial charge in [-0.3, -0.25) is 9.59 Å². The third-order valence-corrected chi connectivity index (χ3v) is 3.55. The summed E-state index contributed by atoms with van der Waals surface area (Å²) in [5.74, 6) is -1.66. The first kappa shape index (κ1) is 13.9. The van der Waals surface area contributed by atoms with Crippen LogP contribution in [0.25, 0.3) is 0 Å². The summed E-state index contributed by atoms with van der Waals surface area (Å²) in [6.07, 6.45) is 2.16. The van der Waals surface area contributed by atoms with Crippen molar-refractivity contribution >= 4 is 24.4 Å². The molecule has 0 aromatic heterocycles. The molecule has 19 heavy (non-hydrogen) atoms. The Hall–Kier alpha value is -1.56. The highest BCUT2D eigenvalue weighted by atomic mass is 32.1. The zero-order valence-corrected chi connectivity index (χ0v) is 11.2. The smallest absolute Gasteiger partial charge is 0.257 e. The largest absolute Gasteiger partial charge is 0.368 e. The summed E-state index contributed by atoms with van der Waals surface area (Å²) in [5, 5.41) is 0. The minimum atomic E-state index is -0.649. The van der Waals surface area contributed by atoms with Gasteiger partial charge in [-0.15, -0.1) is 12.6 Å². The lowest BCUT2D eigenvalue weighted by atomic mass is 10.00. The zero-order chi connectivity index (χ0) is 14.0. The molecule has 1 fully saturated rings. The van der Waals surface area contributed by atoms with E-state index >= 15 is 0 Å². The highest BCUT2D eigenvalue weighted by molar-refractivity contribution is 7.80. The van der Waals surface area contributed by atoms with E-state index in [1.807, 2.05) is 0 Å². The van der Waals surface area contributed by atoms with E-state index in [2.05, 4.69) is 12.6 Å². The number of thiol groups is 1. The number of rotatable bonds is 2. The normalized spacial score (nSPS) is 19.3. The van der Waals surface area contributed by atoms with Crippen LogP contribution >= 0.6 is 12.6 Å². The predicted molar refractivity (Wildman–Crippen MR) is 71.5 cm³/mol. The van der Waals surface area contributed by atoms with Gasteiger partial charge in [0, 0.05) is 11.4 Å². The Bertz CT molecular complexity index is 521. The molecule has 2 amide bonds. The van der Waals surface area contributed by atoms with Crippen LogP contribution < -0.4 is 5.73 Å². The maximum absolute atomic E-state index is 13.7. The standard InChI is InChI=1S/C13H15FN2O2S/c14-10-5-4-8(19)7-9(10)13(18)16-6-2-1-3-11(16)12(15)17/h4-5,7,11,19H,1-3,6H2,(H2,15,17). The van der Waals surface area contributed by atoms with Crippen molar-refractivity contribution in [2.45, 2.75) is 30.2 Å². The lowest BCUT2D eigenvalue weighted by Crippen LogP contribution is -2.50. The quantitative estimate of drug-likeness (QED) is 0.809. The van der Waals surface area contributed by atoms with E-state index in [9.17, 15) is 14.0 Å². The van der Waals surface area contributed by atoms with E-state index in [4.69, 9.17) is 5.73 Å². The van der Waals surface area contributed by atoms with Crippen LogP contribution in [0.4, 0.5) is 4.39 Å². The summed E-state index contributed by atoms with van der Waals surface area (Å²) in [6.45, 7) is 0.419.